The molecule has 0 radical (unpaired) electrons. The third-order valence-electron chi connectivity index (χ3n) is 6.64. The second-order valence-electron chi connectivity index (χ2n) is 8.67. The van der Waals surface area contributed by atoms with Gasteiger partial charge >= 0.3 is 0 Å². The van der Waals surface area contributed by atoms with Crippen LogP contribution in [0.2, 0.25) is 0 Å². The largest absolute Gasteiger partial charge is 0.248 e. The first-order chi connectivity index (χ1) is 15.9. The first-order valence-corrected chi connectivity index (χ1v) is 11.5. The Labute approximate surface area is 189 Å². The van der Waals surface area contributed by atoms with Gasteiger partial charge < -0.3 is 0 Å². The molecular formula is C31H25N. The Morgan fingerprint density at radius 3 is 1.41 bits per heavy atom. The quantitative estimate of drug-likeness (QED) is 0.336. The SMILES string of the molecule is C(=C1\CCc2c1nc1c(c2-c2ccccc2)CC/C1=C\c1ccccc1)/c1ccccc1. The molecule has 154 valence electrons. The van der Waals surface area contributed by atoms with E-state index in [9.17, 15) is 0 Å². The van der Waals surface area contributed by atoms with Crippen molar-refractivity contribution in [1.82, 2.24) is 4.98 Å². The maximum absolute atomic E-state index is 5.34. The number of hydrogen-bond donors (Lipinski definition) is 0. The summed E-state index contributed by atoms with van der Waals surface area (Å²) in [5, 5.41) is 0. The fraction of sp³-hybridized carbons (Fsp3) is 0.129. The normalized spacial score (nSPS) is 17.0. The second kappa shape index (κ2) is 8.09. The molecule has 4 aromatic rings. The average Bonchev–Trinajstić information content (AvgIpc) is 3.44. The Bertz CT molecular complexity index is 1250. The summed E-state index contributed by atoms with van der Waals surface area (Å²) >= 11 is 0. The molecular weight excluding hydrogens is 386 g/mol. The predicted octanol–water partition coefficient (Wildman–Crippen LogP) is 7.72. The van der Waals surface area contributed by atoms with E-state index >= 15 is 0 Å². The smallest absolute Gasteiger partial charge is 0.0707 e. The maximum Gasteiger partial charge on any atom is 0.0707 e. The van der Waals surface area contributed by atoms with Crippen LogP contribution in [0.1, 0.15) is 46.5 Å². The number of hydrogen-bond acceptors (Lipinski definition) is 1. The van der Waals surface area contributed by atoms with Crippen LogP contribution in [0.15, 0.2) is 91.0 Å². The van der Waals surface area contributed by atoms with E-state index in [1.54, 1.807) is 0 Å². The van der Waals surface area contributed by atoms with E-state index in [4.69, 9.17) is 4.98 Å². The Balaban J connectivity index is 1.56. The van der Waals surface area contributed by atoms with E-state index < -0.39 is 0 Å². The van der Waals surface area contributed by atoms with E-state index in [1.807, 2.05) is 0 Å². The van der Waals surface area contributed by atoms with Gasteiger partial charge in [0.15, 0.2) is 0 Å². The van der Waals surface area contributed by atoms with Crippen molar-refractivity contribution in [2.45, 2.75) is 25.7 Å². The van der Waals surface area contributed by atoms with Crippen molar-refractivity contribution in [1.29, 1.82) is 0 Å². The zero-order valence-electron chi connectivity index (χ0n) is 18.1. The lowest BCUT2D eigenvalue weighted by Gasteiger charge is -2.15. The molecule has 0 bridgehead atoms. The third kappa shape index (κ3) is 3.40. The summed E-state index contributed by atoms with van der Waals surface area (Å²) in [6, 6.07) is 32.2. The summed E-state index contributed by atoms with van der Waals surface area (Å²) in [5.74, 6) is 0. The molecule has 0 aliphatic heterocycles. The molecule has 2 aliphatic rings. The van der Waals surface area contributed by atoms with Gasteiger partial charge in [-0.25, -0.2) is 4.98 Å². The van der Waals surface area contributed by atoms with E-state index in [2.05, 4.69) is 103 Å². The van der Waals surface area contributed by atoms with Gasteiger partial charge in [-0.15, -0.1) is 0 Å². The molecule has 0 atom stereocenters. The van der Waals surface area contributed by atoms with Gasteiger partial charge in [0, 0.05) is 0 Å². The lowest BCUT2D eigenvalue weighted by Crippen LogP contribution is -2.00. The summed E-state index contributed by atoms with van der Waals surface area (Å²) in [6.07, 6.45) is 8.90. The number of pyridine rings is 1. The maximum atomic E-state index is 5.34. The van der Waals surface area contributed by atoms with Crippen molar-refractivity contribution in [2.24, 2.45) is 0 Å². The van der Waals surface area contributed by atoms with Crippen molar-refractivity contribution >= 4 is 23.3 Å². The fourth-order valence-corrected chi connectivity index (χ4v) is 5.18. The minimum atomic E-state index is 1.05. The van der Waals surface area contributed by atoms with Gasteiger partial charge in [-0.3, -0.25) is 0 Å². The topological polar surface area (TPSA) is 12.9 Å². The van der Waals surface area contributed by atoms with Crippen molar-refractivity contribution in [3.63, 3.8) is 0 Å². The third-order valence-corrected chi connectivity index (χ3v) is 6.64. The standard InChI is InChI=1S/C31H25N/c1-4-10-22(11-5-1)20-25-16-18-27-29(24-14-8-3-9-15-24)28-19-17-26(31(28)32-30(25)27)21-23-12-6-2-7-13-23/h1-15,20-21H,16-19H2/b25-20-,26-21+. The zero-order valence-corrected chi connectivity index (χ0v) is 18.1. The van der Waals surface area contributed by atoms with Crippen molar-refractivity contribution in [3.8, 4) is 11.1 Å². The number of nitrogens with zero attached hydrogens (tertiary/aromatic N) is 1. The molecule has 1 nitrogen and oxygen atoms in total. The molecule has 0 fully saturated rings. The molecule has 1 heteroatoms. The van der Waals surface area contributed by atoms with Crippen LogP contribution in [-0.2, 0) is 12.8 Å². The highest BCUT2D eigenvalue weighted by Gasteiger charge is 2.30. The summed E-state index contributed by atoms with van der Waals surface area (Å²) < 4.78 is 0. The molecule has 0 unspecified atom stereocenters. The molecule has 0 amide bonds. The van der Waals surface area contributed by atoms with E-state index in [1.165, 1.54) is 55.9 Å². The molecule has 0 N–H and O–H groups in total. The molecule has 3 aromatic carbocycles. The van der Waals surface area contributed by atoms with Gasteiger partial charge in [0.25, 0.3) is 0 Å². The van der Waals surface area contributed by atoms with E-state index in [-0.39, 0.29) is 0 Å². The Hall–Kier alpha value is -3.71. The van der Waals surface area contributed by atoms with Crippen molar-refractivity contribution in [3.05, 3.63) is 125 Å². The molecule has 1 aromatic heterocycles. The molecule has 6 rings (SSSR count). The van der Waals surface area contributed by atoms with Gasteiger partial charge in [-0.2, -0.15) is 0 Å². The number of rotatable bonds is 3. The first-order valence-electron chi connectivity index (χ1n) is 11.5. The zero-order chi connectivity index (χ0) is 21.3. The summed E-state index contributed by atoms with van der Waals surface area (Å²) in [5.41, 5.74) is 13.2. The average molecular weight is 412 g/mol. The van der Waals surface area contributed by atoms with Crippen LogP contribution in [0.5, 0.6) is 0 Å². The van der Waals surface area contributed by atoms with E-state index in [0.717, 1.165) is 25.7 Å². The molecule has 0 spiro atoms. The Kier molecular flexibility index (Phi) is 4.81. The van der Waals surface area contributed by atoms with Crippen LogP contribution < -0.4 is 0 Å². The molecule has 0 saturated heterocycles. The monoisotopic (exact) mass is 411 g/mol. The number of benzene rings is 3. The molecule has 0 saturated carbocycles. The fourth-order valence-electron chi connectivity index (χ4n) is 5.18. The van der Waals surface area contributed by atoms with E-state index in [0.29, 0.717) is 0 Å². The molecule has 2 aliphatic carbocycles. The van der Waals surface area contributed by atoms with Gasteiger partial charge in [-0.05, 0) is 82.4 Å². The highest BCUT2D eigenvalue weighted by atomic mass is 14.8. The van der Waals surface area contributed by atoms with Crippen LogP contribution in [0, 0.1) is 0 Å². The molecule has 1 heterocycles. The number of fused-ring (bicyclic) bond motifs is 2. The molecule has 32 heavy (non-hydrogen) atoms. The minimum Gasteiger partial charge on any atom is -0.248 e. The number of allylic oxidation sites excluding steroid dienone is 2. The summed E-state index contributed by atoms with van der Waals surface area (Å²) in [4.78, 5) is 5.34. The summed E-state index contributed by atoms with van der Waals surface area (Å²) in [7, 11) is 0. The number of aromatic nitrogens is 1. The summed E-state index contributed by atoms with van der Waals surface area (Å²) in [6.45, 7) is 0. The highest BCUT2D eigenvalue weighted by molar-refractivity contribution is 5.93. The van der Waals surface area contributed by atoms with Gasteiger partial charge in [0.05, 0.1) is 11.4 Å². The van der Waals surface area contributed by atoms with Crippen LogP contribution in [0.25, 0.3) is 34.4 Å². The van der Waals surface area contributed by atoms with Gasteiger partial charge in [0.1, 0.15) is 0 Å². The highest BCUT2D eigenvalue weighted by Crippen LogP contribution is 2.46. The van der Waals surface area contributed by atoms with Crippen molar-refractivity contribution in [2.75, 3.05) is 0 Å². The second-order valence-corrected chi connectivity index (χ2v) is 8.67. The van der Waals surface area contributed by atoms with Crippen LogP contribution in [0.3, 0.4) is 0 Å². The van der Waals surface area contributed by atoms with Gasteiger partial charge in [0.2, 0.25) is 0 Å². The van der Waals surface area contributed by atoms with Crippen LogP contribution >= 0.6 is 0 Å². The Morgan fingerprint density at radius 1 is 0.500 bits per heavy atom. The Morgan fingerprint density at radius 2 is 0.938 bits per heavy atom. The minimum absolute atomic E-state index is 1.05. The lowest BCUT2D eigenvalue weighted by atomic mass is 9.93. The predicted molar refractivity (Wildman–Crippen MR) is 135 cm³/mol. The lowest BCUT2D eigenvalue weighted by molar-refractivity contribution is 1.05. The van der Waals surface area contributed by atoms with Crippen LogP contribution in [0.4, 0.5) is 0 Å². The van der Waals surface area contributed by atoms with Crippen LogP contribution in [-0.4, -0.2) is 4.98 Å². The van der Waals surface area contributed by atoms with Crippen molar-refractivity contribution < 1.29 is 0 Å². The van der Waals surface area contributed by atoms with Gasteiger partial charge in [-0.1, -0.05) is 91.0 Å². The first kappa shape index (κ1) is 19.0.